The highest BCUT2D eigenvalue weighted by Gasteiger charge is 2.31. The fourth-order valence-electron chi connectivity index (χ4n) is 5.79. The monoisotopic (exact) mass is 520 g/mol. The standard InChI is InChI=1S/C30H40N4O4/c1-7-18(2)30(37)33-14-12-22(13-15-33)20(4)34-21(5)27(23-10-8-9-11-25(23)34)29(36)31-17-24-26(38-6)16-19(3)32-28(24)35/h8-11,16,18,20,22H,7,12-15,17H2,1-6H3,(H,31,36)(H,32,35)/t18?,20-/m1/s1. The zero-order chi connectivity index (χ0) is 27.6. The van der Waals surface area contributed by atoms with Crippen LogP contribution in [-0.4, -0.2) is 46.5 Å². The Morgan fingerprint density at radius 1 is 1.16 bits per heavy atom. The molecule has 8 nitrogen and oxygen atoms in total. The number of ether oxygens (including phenoxy) is 1. The first-order valence-electron chi connectivity index (χ1n) is 13.6. The van der Waals surface area contributed by atoms with Gasteiger partial charge in [0.25, 0.3) is 11.5 Å². The quantitative estimate of drug-likeness (QED) is 0.449. The maximum atomic E-state index is 13.5. The first kappa shape index (κ1) is 27.5. The van der Waals surface area contributed by atoms with Gasteiger partial charge in [-0.3, -0.25) is 14.4 Å². The van der Waals surface area contributed by atoms with E-state index < -0.39 is 0 Å². The number of nitrogens with zero attached hydrogens (tertiary/aromatic N) is 2. The number of likely N-dealkylation sites (tertiary alicyclic amines) is 1. The van der Waals surface area contributed by atoms with Crippen molar-refractivity contribution in [1.29, 1.82) is 0 Å². The van der Waals surface area contributed by atoms with Crippen LogP contribution in [0.1, 0.15) is 73.4 Å². The van der Waals surface area contributed by atoms with Gasteiger partial charge in [0.05, 0.1) is 24.8 Å². The van der Waals surface area contributed by atoms with E-state index in [2.05, 4.69) is 34.8 Å². The number of hydrogen-bond donors (Lipinski definition) is 2. The average Bonchev–Trinajstić information content (AvgIpc) is 3.22. The number of aromatic nitrogens is 2. The molecule has 0 saturated carbocycles. The third-order valence-corrected chi connectivity index (χ3v) is 8.23. The van der Waals surface area contributed by atoms with E-state index in [9.17, 15) is 14.4 Å². The largest absolute Gasteiger partial charge is 0.496 e. The highest BCUT2D eigenvalue weighted by atomic mass is 16.5. The lowest BCUT2D eigenvalue weighted by molar-refractivity contribution is -0.136. The number of fused-ring (bicyclic) bond motifs is 1. The van der Waals surface area contributed by atoms with Crippen LogP contribution in [0.25, 0.3) is 10.9 Å². The van der Waals surface area contributed by atoms with Crippen LogP contribution >= 0.6 is 0 Å². The van der Waals surface area contributed by atoms with Gasteiger partial charge in [-0.05, 0) is 58.1 Å². The molecule has 38 heavy (non-hydrogen) atoms. The van der Waals surface area contributed by atoms with Crippen LogP contribution in [0.15, 0.2) is 35.1 Å². The van der Waals surface area contributed by atoms with Crippen molar-refractivity contribution in [1.82, 2.24) is 19.8 Å². The maximum Gasteiger partial charge on any atom is 0.256 e. The Bertz CT molecular complexity index is 1380. The van der Waals surface area contributed by atoms with Gasteiger partial charge in [0.2, 0.25) is 5.91 Å². The number of nitrogens with one attached hydrogen (secondary N) is 2. The van der Waals surface area contributed by atoms with Crippen LogP contribution in [0, 0.1) is 25.7 Å². The van der Waals surface area contributed by atoms with Crippen molar-refractivity contribution in [3.05, 3.63) is 63.2 Å². The number of carbonyl (C=O) groups excluding carboxylic acids is 2. The molecule has 0 spiro atoms. The number of benzene rings is 1. The molecule has 2 aromatic heterocycles. The lowest BCUT2D eigenvalue weighted by atomic mass is 9.89. The van der Waals surface area contributed by atoms with E-state index in [4.69, 9.17) is 4.74 Å². The molecule has 0 radical (unpaired) electrons. The number of hydrogen-bond acceptors (Lipinski definition) is 4. The summed E-state index contributed by atoms with van der Waals surface area (Å²) in [6.45, 7) is 11.7. The Labute approximate surface area is 224 Å². The van der Waals surface area contributed by atoms with Gasteiger partial charge in [0, 0.05) is 47.3 Å². The van der Waals surface area contributed by atoms with Crippen molar-refractivity contribution >= 4 is 22.7 Å². The van der Waals surface area contributed by atoms with Crippen molar-refractivity contribution in [3.8, 4) is 5.75 Å². The normalized spacial score (nSPS) is 15.9. The van der Waals surface area contributed by atoms with Gasteiger partial charge < -0.3 is 24.5 Å². The summed E-state index contributed by atoms with van der Waals surface area (Å²) in [5, 5.41) is 3.85. The highest BCUT2D eigenvalue weighted by Crippen LogP contribution is 2.36. The Hall–Kier alpha value is -3.55. The number of carbonyl (C=O) groups is 2. The van der Waals surface area contributed by atoms with Crippen LogP contribution in [0.4, 0.5) is 0 Å². The molecule has 2 amide bonds. The van der Waals surface area contributed by atoms with Crippen LogP contribution < -0.4 is 15.6 Å². The van der Waals surface area contributed by atoms with E-state index in [1.165, 1.54) is 7.11 Å². The molecule has 1 fully saturated rings. The van der Waals surface area contributed by atoms with Crippen molar-refractivity contribution in [2.24, 2.45) is 11.8 Å². The number of H-pyrrole nitrogens is 1. The predicted molar refractivity (Wildman–Crippen MR) is 150 cm³/mol. The van der Waals surface area contributed by atoms with Gasteiger partial charge in [0.1, 0.15) is 5.75 Å². The van der Waals surface area contributed by atoms with Gasteiger partial charge in [-0.25, -0.2) is 0 Å². The Balaban J connectivity index is 1.57. The molecule has 2 atom stereocenters. The molecule has 1 aliphatic rings. The van der Waals surface area contributed by atoms with Crippen LogP contribution in [0.5, 0.6) is 5.75 Å². The number of piperidine rings is 1. The smallest absolute Gasteiger partial charge is 0.256 e. The molecule has 0 bridgehead atoms. The van der Waals surface area contributed by atoms with E-state index >= 15 is 0 Å². The molecular weight excluding hydrogens is 480 g/mol. The SMILES string of the molecule is CCC(C)C(=O)N1CCC([C@@H](C)n2c(C)c(C(=O)NCc3c(OC)cc(C)[nH]c3=O)c3ccccc32)CC1. The number of pyridine rings is 1. The molecule has 204 valence electrons. The van der Waals surface area contributed by atoms with Crippen molar-refractivity contribution < 1.29 is 14.3 Å². The molecule has 3 heterocycles. The summed E-state index contributed by atoms with van der Waals surface area (Å²) in [4.78, 5) is 43.5. The third-order valence-electron chi connectivity index (χ3n) is 8.23. The number of aryl methyl sites for hydroxylation is 1. The number of aromatic amines is 1. The lowest BCUT2D eigenvalue weighted by Crippen LogP contribution is -2.42. The average molecular weight is 521 g/mol. The van der Waals surface area contributed by atoms with Gasteiger partial charge in [-0.15, -0.1) is 0 Å². The molecule has 1 aliphatic heterocycles. The van der Waals surface area contributed by atoms with Crippen molar-refractivity contribution in [3.63, 3.8) is 0 Å². The molecule has 0 aliphatic carbocycles. The maximum absolute atomic E-state index is 13.5. The van der Waals surface area contributed by atoms with Crippen molar-refractivity contribution in [2.75, 3.05) is 20.2 Å². The Morgan fingerprint density at radius 3 is 2.50 bits per heavy atom. The number of amides is 2. The fourth-order valence-corrected chi connectivity index (χ4v) is 5.79. The number of methoxy groups -OCH3 is 1. The molecular formula is C30H40N4O4. The van der Waals surface area contributed by atoms with Gasteiger partial charge >= 0.3 is 0 Å². The minimum absolute atomic E-state index is 0.0643. The summed E-state index contributed by atoms with van der Waals surface area (Å²) in [6, 6.07) is 9.90. The summed E-state index contributed by atoms with van der Waals surface area (Å²) in [5.41, 5.74) is 3.36. The highest BCUT2D eigenvalue weighted by molar-refractivity contribution is 6.08. The van der Waals surface area contributed by atoms with Gasteiger partial charge in [-0.2, -0.15) is 0 Å². The molecule has 4 rings (SSSR count). The summed E-state index contributed by atoms with van der Waals surface area (Å²) in [5.74, 6) is 0.954. The second kappa shape index (κ2) is 11.5. The minimum Gasteiger partial charge on any atom is -0.496 e. The van der Waals surface area contributed by atoms with E-state index in [-0.39, 0.29) is 35.9 Å². The van der Waals surface area contributed by atoms with E-state index in [0.29, 0.717) is 28.5 Å². The topological polar surface area (TPSA) is 96.4 Å². The molecule has 1 unspecified atom stereocenters. The molecule has 1 saturated heterocycles. The van der Waals surface area contributed by atoms with Crippen molar-refractivity contribution in [2.45, 2.75) is 66.5 Å². The van der Waals surface area contributed by atoms with Gasteiger partial charge in [-0.1, -0.05) is 32.0 Å². The van der Waals surface area contributed by atoms with E-state index in [1.54, 1.807) is 13.0 Å². The predicted octanol–water partition coefficient (Wildman–Crippen LogP) is 4.73. The first-order chi connectivity index (χ1) is 18.2. The summed E-state index contributed by atoms with van der Waals surface area (Å²) in [6.07, 6.45) is 2.74. The molecule has 8 heteroatoms. The Kier molecular flexibility index (Phi) is 8.29. The zero-order valence-electron chi connectivity index (χ0n) is 23.4. The third kappa shape index (κ3) is 5.22. The van der Waals surface area contributed by atoms with Crippen LogP contribution in [0.3, 0.4) is 0 Å². The minimum atomic E-state index is -0.270. The molecule has 2 N–H and O–H groups in total. The molecule has 1 aromatic carbocycles. The van der Waals surface area contributed by atoms with Gasteiger partial charge in [0.15, 0.2) is 0 Å². The van der Waals surface area contributed by atoms with E-state index in [1.807, 2.05) is 36.9 Å². The lowest BCUT2D eigenvalue weighted by Gasteiger charge is -2.37. The summed E-state index contributed by atoms with van der Waals surface area (Å²) >= 11 is 0. The summed E-state index contributed by atoms with van der Waals surface area (Å²) in [7, 11) is 1.52. The zero-order valence-corrected chi connectivity index (χ0v) is 23.4. The second-order valence-corrected chi connectivity index (χ2v) is 10.6. The van der Waals surface area contributed by atoms with Crippen LogP contribution in [0.2, 0.25) is 0 Å². The molecule has 3 aromatic rings. The first-order valence-corrected chi connectivity index (χ1v) is 13.6. The van der Waals surface area contributed by atoms with E-state index in [0.717, 1.165) is 48.9 Å². The Morgan fingerprint density at radius 2 is 1.84 bits per heavy atom. The fraction of sp³-hybridized carbons (Fsp3) is 0.500. The number of para-hydroxylation sites is 1. The van der Waals surface area contributed by atoms with Crippen LogP contribution in [-0.2, 0) is 11.3 Å². The number of rotatable bonds is 8. The second-order valence-electron chi connectivity index (χ2n) is 10.6. The summed E-state index contributed by atoms with van der Waals surface area (Å²) < 4.78 is 7.66.